The molecule has 0 aliphatic carbocycles. The predicted octanol–water partition coefficient (Wildman–Crippen LogP) is 2.29. The van der Waals surface area contributed by atoms with Gasteiger partial charge in [0.1, 0.15) is 5.38 Å². The van der Waals surface area contributed by atoms with Crippen LogP contribution < -0.4 is 9.47 Å². The molecular formula is C13H18ClNO3. The van der Waals surface area contributed by atoms with E-state index in [1.807, 2.05) is 18.2 Å². The zero-order valence-electron chi connectivity index (χ0n) is 11.1. The molecule has 4 nitrogen and oxygen atoms in total. The number of carbonyl (C=O) groups is 1. The van der Waals surface area contributed by atoms with E-state index in [9.17, 15) is 4.79 Å². The average molecular weight is 272 g/mol. The summed E-state index contributed by atoms with van der Waals surface area (Å²) in [5.41, 5.74) is 0.959. The lowest BCUT2D eigenvalue weighted by molar-refractivity contribution is -0.129. The molecule has 18 heavy (non-hydrogen) atoms. The Morgan fingerprint density at radius 3 is 2.44 bits per heavy atom. The minimum atomic E-state index is -0.518. The molecule has 0 radical (unpaired) electrons. The molecule has 1 atom stereocenters. The maximum Gasteiger partial charge on any atom is 0.240 e. The van der Waals surface area contributed by atoms with Crippen molar-refractivity contribution in [2.45, 2.75) is 18.8 Å². The molecule has 100 valence electrons. The molecule has 0 spiro atoms. The van der Waals surface area contributed by atoms with Gasteiger partial charge in [0.2, 0.25) is 5.91 Å². The largest absolute Gasteiger partial charge is 0.493 e. The number of ether oxygens (including phenoxy) is 2. The highest BCUT2D eigenvalue weighted by molar-refractivity contribution is 6.30. The van der Waals surface area contributed by atoms with Crippen LogP contribution >= 0.6 is 11.6 Å². The summed E-state index contributed by atoms with van der Waals surface area (Å²) in [5, 5.41) is -0.518. The number of benzene rings is 1. The number of methoxy groups -OCH3 is 2. The highest BCUT2D eigenvalue weighted by atomic mass is 35.5. The first-order valence-corrected chi connectivity index (χ1v) is 6.03. The normalized spacial score (nSPS) is 11.8. The van der Waals surface area contributed by atoms with Gasteiger partial charge in [-0.2, -0.15) is 0 Å². The molecule has 0 aliphatic heterocycles. The third-order valence-electron chi connectivity index (χ3n) is 2.58. The molecule has 1 amide bonds. The Kier molecular flexibility index (Phi) is 5.28. The van der Waals surface area contributed by atoms with Crippen molar-refractivity contribution < 1.29 is 14.3 Å². The molecule has 0 aliphatic rings. The van der Waals surface area contributed by atoms with Crippen molar-refractivity contribution in [3.05, 3.63) is 23.8 Å². The van der Waals surface area contributed by atoms with Gasteiger partial charge in [-0.3, -0.25) is 4.79 Å². The lowest BCUT2D eigenvalue weighted by Crippen LogP contribution is -2.31. The van der Waals surface area contributed by atoms with Gasteiger partial charge in [-0.05, 0) is 24.6 Å². The van der Waals surface area contributed by atoms with Gasteiger partial charge < -0.3 is 14.4 Å². The smallest absolute Gasteiger partial charge is 0.240 e. The Balaban J connectivity index is 2.82. The molecule has 1 rings (SSSR count). The standard InChI is InChI=1S/C13H18ClNO3/c1-9(14)13(16)15(2)8-10-5-6-11(17-3)12(7-10)18-4/h5-7,9H,8H2,1-4H3. The van der Waals surface area contributed by atoms with Gasteiger partial charge in [0, 0.05) is 13.6 Å². The Morgan fingerprint density at radius 2 is 1.94 bits per heavy atom. The molecule has 0 bridgehead atoms. The lowest BCUT2D eigenvalue weighted by atomic mass is 10.2. The van der Waals surface area contributed by atoms with E-state index in [1.165, 1.54) is 0 Å². The molecule has 1 unspecified atom stereocenters. The summed E-state index contributed by atoms with van der Waals surface area (Å²) < 4.78 is 10.4. The van der Waals surface area contributed by atoms with Crippen LogP contribution in [-0.2, 0) is 11.3 Å². The second-order valence-corrected chi connectivity index (χ2v) is 4.65. The zero-order valence-corrected chi connectivity index (χ0v) is 11.8. The maximum absolute atomic E-state index is 11.7. The molecule has 0 heterocycles. The predicted molar refractivity (Wildman–Crippen MR) is 71.3 cm³/mol. The first kappa shape index (κ1) is 14.6. The molecule has 0 saturated heterocycles. The molecular weight excluding hydrogens is 254 g/mol. The fraction of sp³-hybridized carbons (Fsp3) is 0.462. The van der Waals surface area contributed by atoms with Gasteiger partial charge in [0.05, 0.1) is 14.2 Å². The van der Waals surface area contributed by atoms with Crippen LogP contribution in [0.2, 0.25) is 0 Å². The summed E-state index contributed by atoms with van der Waals surface area (Å²) in [4.78, 5) is 13.2. The van der Waals surface area contributed by atoms with Gasteiger partial charge in [-0.1, -0.05) is 6.07 Å². The van der Waals surface area contributed by atoms with Gasteiger partial charge in [-0.25, -0.2) is 0 Å². The van der Waals surface area contributed by atoms with Gasteiger partial charge >= 0.3 is 0 Å². The number of carbonyl (C=O) groups excluding carboxylic acids is 1. The van der Waals surface area contributed by atoms with Crippen molar-refractivity contribution in [3.8, 4) is 11.5 Å². The van der Waals surface area contributed by atoms with E-state index in [2.05, 4.69) is 0 Å². The van der Waals surface area contributed by atoms with Gasteiger partial charge in [0.15, 0.2) is 11.5 Å². The number of hydrogen-bond donors (Lipinski definition) is 0. The lowest BCUT2D eigenvalue weighted by Gasteiger charge is -2.19. The fourth-order valence-electron chi connectivity index (χ4n) is 1.63. The first-order valence-electron chi connectivity index (χ1n) is 5.59. The molecule has 0 saturated carbocycles. The molecule has 5 heteroatoms. The van der Waals surface area contributed by atoms with Gasteiger partial charge in [0.25, 0.3) is 0 Å². The molecule has 0 N–H and O–H groups in total. The summed E-state index contributed by atoms with van der Waals surface area (Å²) in [6.45, 7) is 2.14. The molecule has 1 aromatic carbocycles. The molecule has 0 fully saturated rings. The van der Waals surface area contributed by atoms with Crippen LogP contribution in [0.4, 0.5) is 0 Å². The maximum atomic E-state index is 11.7. The molecule has 1 aromatic rings. The van der Waals surface area contributed by atoms with E-state index in [0.717, 1.165) is 5.56 Å². The third-order valence-corrected chi connectivity index (χ3v) is 2.77. The van der Waals surface area contributed by atoms with E-state index in [0.29, 0.717) is 18.0 Å². The number of rotatable bonds is 5. The van der Waals surface area contributed by atoms with Crippen molar-refractivity contribution in [1.29, 1.82) is 0 Å². The monoisotopic (exact) mass is 271 g/mol. The van der Waals surface area contributed by atoms with E-state index >= 15 is 0 Å². The van der Waals surface area contributed by atoms with Crippen LogP contribution in [0.5, 0.6) is 11.5 Å². The fourth-order valence-corrected chi connectivity index (χ4v) is 1.80. The van der Waals surface area contributed by atoms with Crippen molar-refractivity contribution in [2.75, 3.05) is 21.3 Å². The minimum absolute atomic E-state index is 0.105. The summed E-state index contributed by atoms with van der Waals surface area (Å²) >= 11 is 5.76. The van der Waals surface area contributed by atoms with E-state index < -0.39 is 5.38 Å². The second-order valence-electron chi connectivity index (χ2n) is 4.00. The van der Waals surface area contributed by atoms with E-state index in [4.69, 9.17) is 21.1 Å². The van der Waals surface area contributed by atoms with Crippen molar-refractivity contribution >= 4 is 17.5 Å². The van der Waals surface area contributed by atoms with Crippen LogP contribution in [0.3, 0.4) is 0 Å². The average Bonchev–Trinajstić information content (AvgIpc) is 2.37. The summed E-state index contributed by atoms with van der Waals surface area (Å²) in [7, 11) is 4.89. The number of alkyl halides is 1. The second kappa shape index (κ2) is 6.50. The Labute approximate surface area is 112 Å². The van der Waals surface area contributed by atoms with E-state index in [-0.39, 0.29) is 5.91 Å². The van der Waals surface area contributed by atoms with Crippen molar-refractivity contribution in [3.63, 3.8) is 0 Å². The SMILES string of the molecule is COc1ccc(CN(C)C(=O)C(C)Cl)cc1OC. The highest BCUT2D eigenvalue weighted by Crippen LogP contribution is 2.27. The first-order chi connectivity index (χ1) is 8.49. The van der Waals surface area contributed by atoms with Crippen LogP contribution in [0.15, 0.2) is 18.2 Å². The summed E-state index contributed by atoms with van der Waals surface area (Å²) in [6.07, 6.45) is 0. The van der Waals surface area contributed by atoms with E-state index in [1.54, 1.807) is 33.1 Å². The van der Waals surface area contributed by atoms with Crippen molar-refractivity contribution in [1.82, 2.24) is 4.90 Å². The topological polar surface area (TPSA) is 38.8 Å². The van der Waals surface area contributed by atoms with Crippen molar-refractivity contribution in [2.24, 2.45) is 0 Å². The Hall–Kier alpha value is -1.42. The van der Waals surface area contributed by atoms with Crippen LogP contribution in [0, 0.1) is 0 Å². The minimum Gasteiger partial charge on any atom is -0.493 e. The molecule has 0 aromatic heterocycles. The third kappa shape index (κ3) is 3.53. The number of nitrogens with zero attached hydrogens (tertiary/aromatic N) is 1. The Morgan fingerprint density at radius 1 is 1.33 bits per heavy atom. The zero-order chi connectivity index (χ0) is 13.7. The van der Waals surface area contributed by atoms with Crippen LogP contribution in [-0.4, -0.2) is 37.5 Å². The highest BCUT2D eigenvalue weighted by Gasteiger charge is 2.15. The summed E-state index contributed by atoms with van der Waals surface area (Å²) in [5.74, 6) is 1.21. The van der Waals surface area contributed by atoms with Crippen LogP contribution in [0.25, 0.3) is 0 Å². The number of halogens is 1. The van der Waals surface area contributed by atoms with Gasteiger partial charge in [-0.15, -0.1) is 11.6 Å². The Bertz CT molecular complexity index is 421. The number of hydrogen-bond acceptors (Lipinski definition) is 3. The van der Waals surface area contributed by atoms with Crippen LogP contribution in [0.1, 0.15) is 12.5 Å². The quantitative estimate of drug-likeness (QED) is 0.772. The summed E-state index contributed by atoms with van der Waals surface area (Å²) in [6, 6.07) is 5.56. The number of amides is 1.